The van der Waals surface area contributed by atoms with Crippen molar-refractivity contribution in [2.75, 3.05) is 18.8 Å². The number of primary amides is 1. The summed E-state index contributed by atoms with van der Waals surface area (Å²) in [6, 6.07) is 8.38. The van der Waals surface area contributed by atoms with Crippen LogP contribution in [-0.2, 0) is 24.2 Å². The number of amides is 2. The van der Waals surface area contributed by atoms with Crippen LogP contribution in [0.4, 0.5) is 5.82 Å². The predicted octanol–water partition coefficient (Wildman–Crippen LogP) is 1.48. The average Bonchev–Trinajstić information content (AvgIpc) is 2.99. The van der Waals surface area contributed by atoms with E-state index in [1.165, 1.54) is 17.2 Å². The van der Waals surface area contributed by atoms with Crippen LogP contribution >= 0.6 is 0 Å². The van der Waals surface area contributed by atoms with E-state index in [2.05, 4.69) is 24.8 Å². The Morgan fingerprint density at radius 2 is 1.96 bits per heavy atom. The highest BCUT2D eigenvalue weighted by molar-refractivity contribution is 5.98. The van der Waals surface area contributed by atoms with Crippen LogP contribution < -0.4 is 11.5 Å². The van der Waals surface area contributed by atoms with Gasteiger partial charge in [-0.3, -0.25) is 9.59 Å². The molecule has 2 heterocycles. The van der Waals surface area contributed by atoms with Gasteiger partial charge in [0.15, 0.2) is 0 Å². The lowest BCUT2D eigenvalue weighted by atomic mass is 9.81. The maximum atomic E-state index is 12.1. The van der Waals surface area contributed by atoms with Crippen molar-refractivity contribution < 1.29 is 9.59 Å². The molecule has 0 bridgehead atoms. The van der Waals surface area contributed by atoms with E-state index >= 15 is 0 Å². The number of carbonyl (C=O) groups excluding carboxylic acids is 2. The molecule has 1 aliphatic heterocycles. The van der Waals surface area contributed by atoms with Gasteiger partial charge >= 0.3 is 0 Å². The van der Waals surface area contributed by atoms with Crippen LogP contribution in [0.25, 0.3) is 0 Å². The molecule has 146 valence electrons. The molecule has 1 unspecified atom stereocenters. The van der Waals surface area contributed by atoms with Crippen molar-refractivity contribution in [3.05, 3.63) is 59.3 Å². The second kappa shape index (κ2) is 7.14. The molecule has 0 saturated carbocycles. The monoisotopic (exact) mass is 379 g/mol. The van der Waals surface area contributed by atoms with Gasteiger partial charge in [0.2, 0.25) is 5.91 Å². The standard InChI is InChI=1S/C21H25N5O2/c1-2-17(27)25-10-13(11-25)12-26-20(22)18(21(23)28)19(24-26)16-8-7-14-5-3-4-6-15(14)9-16/h2-6,13,16H,1,7-12,22H2,(H2,23,28). The van der Waals surface area contributed by atoms with E-state index in [0.29, 0.717) is 36.7 Å². The Morgan fingerprint density at radius 3 is 2.64 bits per heavy atom. The van der Waals surface area contributed by atoms with Crippen LogP contribution in [-0.4, -0.2) is 39.6 Å². The Bertz CT molecular complexity index is 942. The molecule has 1 atom stereocenters. The van der Waals surface area contributed by atoms with Gasteiger partial charge in [-0.2, -0.15) is 5.10 Å². The van der Waals surface area contributed by atoms with Crippen molar-refractivity contribution in [2.24, 2.45) is 11.7 Å². The van der Waals surface area contributed by atoms with Crippen LogP contribution in [0, 0.1) is 5.92 Å². The van der Waals surface area contributed by atoms with Crippen LogP contribution in [0.15, 0.2) is 36.9 Å². The van der Waals surface area contributed by atoms with Gasteiger partial charge in [-0.25, -0.2) is 4.68 Å². The Hall–Kier alpha value is -3.09. The first-order valence-electron chi connectivity index (χ1n) is 9.62. The quantitative estimate of drug-likeness (QED) is 0.767. The third kappa shape index (κ3) is 3.17. The number of hydrogen-bond donors (Lipinski definition) is 2. The average molecular weight is 379 g/mol. The fourth-order valence-corrected chi connectivity index (χ4v) is 4.34. The molecule has 1 fully saturated rings. The topological polar surface area (TPSA) is 107 Å². The third-order valence-electron chi connectivity index (χ3n) is 5.87. The molecule has 4 rings (SSSR count). The van der Waals surface area contributed by atoms with Crippen LogP contribution in [0.2, 0.25) is 0 Å². The highest BCUT2D eigenvalue weighted by Crippen LogP contribution is 2.35. The minimum absolute atomic E-state index is 0.0657. The number of benzene rings is 1. The predicted molar refractivity (Wildman–Crippen MR) is 107 cm³/mol. The lowest BCUT2D eigenvalue weighted by Gasteiger charge is -2.38. The number of anilines is 1. The van der Waals surface area contributed by atoms with Crippen molar-refractivity contribution in [2.45, 2.75) is 31.7 Å². The minimum Gasteiger partial charge on any atom is -0.383 e. The molecule has 1 aliphatic carbocycles. The lowest BCUT2D eigenvalue weighted by Crippen LogP contribution is -2.50. The van der Waals surface area contributed by atoms with Crippen molar-refractivity contribution in [1.29, 1.82) is 0 Å². The normalized spacial score (nSPS) is 19.0. The van der Waals surface area contributed by atoms with Gasteiger partial charge in [-0.15, -0.1) is 0 Å². The first kappa shape index (κ1) is 18.3. The van der Waals surface area contributed by atoms with Gasteiger partial charge in [-0.05, 0) is 36.5 Å². The van der Waals surface area contributed by atoms with Gasteiger partial charge in [0.05, 0.1) is 5.69 Å². The molecular weight excluding hydrogens is 354 g/mol. The molecular formula is C21H25N5O2. The summed E-state index contributed by atoms with van der Waals surface area (Å²) >= 11 is 0. The number of hydrogen-bond acceptors (Lipinski definition) is 4. The maximum absolute atomic E-state index is 12.1. The van der Waals surface area contributed by atoms with E-state index in [1.807, 2.05) is 6.07 Å². The second-order valence-electron chi connectivity index (χ2n) is 7.71. The number of rotatable bonds is 5. The van der Waals surface area contributed by atoms with Gasteiger partial charge in [-0.1, -0.05) is 30.8 Å². The van der Waals surface area contributed by atoms with E-state index in [1.54, 1.807) is 9.58 Å². The summed E-state index contributed by atoms with van der Waals surface area (Å²) in [5.74, 6) is 0.113. The Morgan fingerprint density at radius 1 is 1.25 bits per heavy atom. The van der Waals surface area contributed by atoms with E-state index in [9.17, 15) is 9.59 Å². The number of nitrogens with two attached hydrogens (primary N) is 2. The Labute approximate surface area is 164 Å². The van der Waals surface area contributed by atoms with Crippen molar-refractivity contribution in [1.82, 2.24) is 14.7 Å². The number of nitrogens with zero attached hydrogens (tertiary/aromatic N) is 3. The summed E-state index contributed by atoms with van der Waals surface area (Å²) < 4.78 is 1.69. The van der Waals surface area contributed by atoms with Crippen molar-refractivity contribution in [3.8, 4) is 0 Å². The number of aromatic nitrogens is 2. The first-order valence-corrected chi connectivity index (χ1v) is 9.62. The molecule has 7 nitrogen and oxygen atoms in total. The SMILES string of the molecule is C=CC(=O)N1CC(Cn2nc(C3CCc4ccccc4C3)c(C(N)=O)c2N)C1. The summed E-state index contributed by atoms with van der Waals surface area (Å²) in [4.78, 5) is 25.5. The second-order valence-corrected chi connectivity index (χ2v) is 7.71. The molecule has 2 aliphatic rings. The van der Waals surface area contributed by atoms with E-state index < -0.39 is 5.91 Å². The molecule has 28 heavy (non-hydrogen) atoms. The Kier molecular flexibility index (Phi) is 4.66. The molecule has 0 spiro atoms. The van der Waals surface area contributed by atoms with E-state index in [0.717, 1.165) is 19.3 Å². The zero-order chi connectivity index (χ0) is 19.8. The largest absolute Gasteiger partial charge is 0.383 e. The van der Waals surface area contributed by atoms with Crippen LogP contribution in [0.1, 0.15) is 39.5 Å². The van der Waals surface area contributed by atoms with Gasteiger partial charge in [0.1, 0.15) is 11.4 Å². The minimum atomic E-state index is -0.533. The van der Waals surface area contributed by atoms with Crippen molar-refractivity contribution in [3.63, 3.8) is 0 Å². The lowest BCUT2D eigenvalue weighted by molar-refractivity contribution is -0.132. The summed E-state index contributed by atoms with van der Waals surface area (Å²) in [7, 11) is 0. The zero-order valence-electron chi connectivity index (χ0n) is 15.8. The zero-order valence-corrected chi connectivity index (χ0v) is 15.8. The van der Waals surface area contributed by atoms with Gasteiger partial charge < -0.3 is 16.4 Å². The number of aryl methyl sites for hydroxylation is 1. The highest BCUT2D eigenvalue weighted by atomic mass is 16.2. The molecule has 1 aromatic heterocycles. The van der Waals surface area contributed by atoms with Crippen LogP contribution in [0.3, 0.4) is 0 Å². The maximum Gasteiger partial charge on any atom is 0.254 e. The molecule has 7 heteroatoms. The highest BCUT2D eigenvalue weighted by Gasteiger charge is 2.33. The number of carbonyl (C=O) groups is 2. The smallest absolute Gasteiger partial charge is 0.254 e. The third-order valence-corrected chi connectivity index (χ3v) is 5.87. The fourth-order valence-electron chi connectivity index (χ4n) is 4.34. The summed E-state index contributed by atoms with van der Waals surface area (Å²) in [5.41, 5.74) is 15.6. The summed E-state index contributed by atoms with van der Waals surface area (Å²) in [6.07, 6.45) is 4.02. The molecule has 4 N–H and O–H groups in total. The van der Waals surface area contributed by atoms with Gasteiger partial charge in [0.25, 0.3) is 5.91 Å². The van der Waals surface area contributed by atoms with Crippen molar-refractivity contribution >= 4 is 17.6 Å². The number of nitrogen functional groups attached to an aromatic ring is 1. The molecule has 2 aromatic rings. The molecule has 2 amide bonds. The van der Waals surface area contributed by atoms with Gasteiger partial charge in [0, 0.05) is 31.5 Å². The molecule has 0 radical (unpaired) electrons. The molecule has 1 saturated heterocycles. The molecule has 1 aromatic carbocycles. The summed E-state index contributed by atoms with van der Waals surface area (Å²) in [6.45, 7) is 5.36. The Balaban J connectivity index is 1.55. The number of fused-ring (bicyclic) bond motifs is 1. The van der Waals surface area contributed by atoms with E-state index in [-0.39, 0.29) is 17.7 Å². The van der Waals surface area contributed by atoms with E-state index in [4.69, 9.17) is 16.6 Å². The van der Waals surface area contributed by atoms with Crippen LogP contribution in [0.5, 0.6) is 0 Å². The number of likely N-dealkylation sites (tertiary alicyclic amines) is 1. The first-order chi connectivity index (χ1) is 13.5. The summed E-state index contributed by atoms with van der Waals surface area (Å²) in [5, 5.41) is 4.71. The fraction of sp³-hybridized carbons (Fsp3) is 0.381.